The van der Waals surface area contributed by atoms with Crippen molar-refractivity contribution < 1.29 is 9.59 Å². The third-order valence-electron chi connectivity index (χ3n) is 1.08. The fourth-order valence-corrected chi connectivity index (χ4v) is 0.610. The molecule has 11 heavy (non-hydrogen) atoms. The Hall–Kier alpha value is -1.58. The van der Waals surface area contributed by atoms with E-state index >= 15 is 0 Å². The highest BCUT2D eigenvalue weighted by Gasteiger charge is 2.05. The molecule has 0 amide bonds. The molecule has 0 aromatic carbocycles. The lowest BCUT2D eigenvalue weighted by Crippen LogP contribution is -2.04. The first-order valence-electron chi connectivity index (χ1n) is 3.08. The van der Waals surface area contributed by atoms with Crippen molar-refractivity contribution in [2.45, 2.75) is 6.42 Å². The maximum atomic E-state index is 10.9. The van der Waals surface area contributed by atoms with Gasteiger partial charge in [-0.3, -0.25) is 4.79 Å². The lowest BCUT2D eigenvalue weighted by molar-refractivity contribution is -0.107. The summed E-state index contributed by atoms with van der Waals surface area (Å²) < 4.78 is 0. The standard InChI is InChI=1S/C7H6N2O2/c10-5-2-6(11)7-8-3-1-4-9-7/h1,3-5H,2H2. The Bertz CT molecular complexity index is 258. The van der Waals surface area contributed by atoms with E-state index in [9.17, 15) is 9.59 Å². The molecule has 0 saturated carbocycles. The van der Waals surface area contributed by atoms with Gasteiger partial charge in [0.1, 0.15) is 6.29 Å². The van der Waals surface area contributed by atoms with E-state index < -0.39 is 0 Å². The van der Waals surface area contributed by atoms with Crippen LogP contribution in [0.25, 0.3) is 0 Å². The van der Waals surface area contributed by atoms with Gasteiger partial charge in [-0.15, -0.1) is 0 Å². The van der Waals surface area contributed by atoms with Crippen LogP contribution in [0, 0.1) is 0 Å². The first-order chi connectivity index (χ1) is 5.34. The molecule has 0 radical (unpaired) electrons. The van der Waals surface area contributed by atoms with Gasteiger partial charge in [-0.1, -0.05) is 0 Å². The summed E-state index contributed by atoms with van der Waals surface area (Å²) in [6.07, 6.45) is 3.32. The lowest BCUT2D eigenvalue weighted by atomic mass is 10.3. The second-order valence-electron chi connectivity index (χ2n) is 1.87. The third-order valence-corrected chi connectivity index (χ3v) is 1.08. The molecule has 0 atom stereocenters. The van der Waals surface area contributed by atoms with Crippen molar-refractivity contribution in [2.24, 2.45) is 0 Å². The van der Waals surface area contributed by atoms with E-state index in [-0.39, 0.29) is 18.0 Å². The van der Waals surface area contributed by atoms with E-state index in [1.54, 1.807) is 6.07 Å². The molecular formula is C7H6N2O2. The van der Waals surface area contributed by atoms with Crippen molar-refractivity contribution in [3.63, 3.8) is 0 Å². The number of ketones is 1. The minimum absolute atomic E-state index is 0.0969. The highest BCUT2D eigenvalue weighted by atomic mass is 16.1. The van der Waals surface area contributed by atoms with Crippen LogP contribution < -0.4 is 0 Å². The number of nitrogens with zero attached hydrogens (tertiary/aromatic N) is 2. The summed E-state index contributed by atoms with van der Waals surface area (Å²) in [7, 11) is 0. The number of rotatable bonds is 3. The van der Waals surface area contributed by atoms with Crippen LogP contribution >= 0.6 is 0 Å². The van der Waals surface area contributed by atoms with Crippen molar-refractivity contribution in [1.29, 1.82) is 0 Å². The summed E-state index contributed by atoms with van der Waals surface area (Å²) in [6, 6.07) is 1.61. The van der Waals surface area contributed by atoms with Crippen LogP contribution in [0.1, 0.15) is 17.0 Å². The van der Waals surface area contributed by atoms with Crippen LogP contribution in [0.5, 0.6) is 0 Å². The van der Waals surface area contributed by atoms with Crippen molar-refractivity contribution in [3.05, 3.63) is 24.3 Å². The van der Waals surface area contributed by atoms with Crippen LogP contribution in [-0.4, -0.2) is 22.0 Å². The lowest BCUT2D eigenvalue weighted by Gasteiger charge is -1.90. The molecule has 56 valence electrons. The van der Waals surface area contributed by atoms with E-state index in [1.807, 2.05) is 0 Å². The molecule has 0 saturated heterocycles. The van der Waals surface area contributed by atoms with Crippen LogP contribution in [0.4, 0.5) is 0 Å². The first-order valence-corrected chi connectivity index (χ1v) is 3.08. The Morgan fingerprint density at radius 3 is 2.64 bits per heavy atom. The summed E-state index contributed by atoms with van der Waals surface area (Å²) in [4.78, 5) is 28.2. The molecule has 0 aliphatic carbocycles. The maximum absolute atomic E-state index is 10.9. The van der Waals surface area contributed by atoms with Gasteiger partial charge in [0.2, 0.25) is 5.78 Å². The zero-order valence-corrected chi connectivity index (χ0v) is 5.73. The van der Waals surface area contributed by atoms with E-state index in [4.69, 9.17) is 0 Å². The Morgan fingerprint density at radius 2 is 2.09 bits per heavy atom. The molecule has 0 bridgehead atoms. The molecule has 0 fully saturated rings. The largest absolute Gasteiger partial charge is 0.303 e. The zero-order valence-electron chi connectivity index (χ0n) is 5.73. The van der Waals surface area contributed by atoms with Crippen molar-refractivity contribution >= 4 is 12.1 Å². The molecule has 0 N–H and O–H groups in total. The number of carbonyl (C=O) groups excluding carboxylic acids is 2. The maximum Gasteiger partial charge on any atom is 0.207 e. The number of Topliss-reactive ketones (excluding diaryl/α,β-unsaturated/α-hetero) is 1. The second-order valence-corrected chi connectivity index (χ2v) is 1.87. The van der Waals surface area contributed by atoms with Crippen LogP contribution in [0.15, 0.2) is 18.5 Å². The normalized spacial score (nSPS) is 9.09. The van der Waals surface area contributed by atoms with Crippen LogP contribution in [0.3, 0.4) is 0 Å². The van der Waals surface area contributed by atoms with Crippen molar-refractivity contribution in [1.82, 2.24) is 9.97 Å². The molecule has 4 nitrogen and oxygen atoms in total. The number of hydrogen-bond donors (Lipinski definition) is 0. The molecule has 1 rings (SSSR count). The quantitative estimate of drug-likeness (QED) is 0.352. The third kappa shape index (κ3) is 1.93. The first kappa shape index (κ1) is 7.53. The topological polar surface area (TPSA) is 59.9 Å². The predicted octanol–water partition coefficient (Wildman–Crippen LogP) is 0.248. The number of aromatic nitrogens is 2. The van der Waals surface area contributed by atoms with Gasteiger partial charge in [0.25, 0.3) is 0 Å². The highest BCUT2D eigenvalue weighted by molar-refractivity contribution is 5.99. The fraction of sp³-hybridized carbons (Fsp3) is 0.143. The molecule has 1 aromatic rings. The van der Waals surface area contributed by atoms with Gasteiger partial charge < -0.3 is 4.79 Å². The number of aldehydes is 1. The van der Waals surface area contributed by atoms with E-state index in [0.29, 0.717) is 6.29 Å². The zero-order chi connectivity index (χ0) is 8.10. The molecule has 0 unspecified atom stereocenters. The smallest absolute Gasteiger partial charge is 0.207 e. The summed E-state index contributed by atoms with van der Waals surface area (Å²) in [5.41, 5.74) is 0. The SMILES string of the molecule is O=CCC(=O)c1ncccn1. The average Bonchev–Trinajstić information content (AvgIpc) is 2.07. The summed E-state index contributed by atoms with van der Waals surface area (Å²) in [6.45, 7) is 0. The van der Waals surface area contributed by atoms with Gasteiger partial charge in [0.15, 0.2) is 5.82 Å². The van der Waals surface area contributed by atoms with Gasteiger partial charge in [0, 0.05) is 12.4 Å². The molecular weight excluding hydrogens is 144 g/mol. The predicted molar refractivity (Wildman–Crippen MR) is 37.0 cm³/mol. The van der Waals surface area contributed by atoms with Gasteiger partial charge in [-0.2, -0.15) is 0 Å². The van der Waals surface area contributed by atoms with Crippen molar-refractivity contribution in [3.8, 4) is 0 Å². The Balaban J connectivity index is 2.77. The van der Waals surface area contributed by atoms with Crippen LogP contribution in [-0.2, 0) is 4.79 Å². The van der Waals surface area contributed by atoms with Gasteiger partial charge in [-0.25, -0.2) is 9.97 Å². The van der Waals surface area contributed by atoms with Crippen molar-refractivity contribution in [2.75, 3.05) is 0 Å². The van der Waals surface area contributed by atoms with Gasteiger partial charge >= 0.3 is 0 Å². The Labute approximate surface area is 63.3 Å². The Kier molecular flexibility index (Phi) is 2.43. The minimum atomic E-state index is -0.347. The number of hydrogen-bond acceptors (Lipinski definition) is 4. The van der Waals surface area contributed by atoms with E-state index in [1.165, 1.54) is 12.4 Å². The molecule has 0 aliphatic heterocycles. The highest BCUT2D eigenvalue weighted by Crippen LogP contribution is 1.91. The van der Waals surface area contributed by atoms with Crippen LogP contribution in [0.2, 0.25) is 0 Å². The minimum Gasteiger partial charge on any atom is -0.303 e. The fourth-order valence-electron chi connectivity index (χ4n) is 0.610. The van der Waals surface area contributed by atoms with Gasteiger partial charge in [-0.05, 0) is 6.07 Å². The monoisotopic (exact) mass is 150 g/mol. The summed E-state index contributed by atoms with van der Waals surface area (Å²) >= 11 is 0. The summed E-state index contributed by atoms with van der Waals surface area (Å²) in [5.74, 6) is -0.250. The molecule has 1 aromatic heterocycles. The van der Waals surface area contributed by atoms with E-state index in [2.05, 4.69) is 9.97 Å². The molecule has 4 heteroatoms. The molecule has 1 heterocycles. The Morgan fingerprint density at radius 1 is 1.45 bits per heavy atom. The molecule has 0 spiro atoms. The number of carbonyl (C=O) groups is 2. The summed E-state index contributed by atoms with van der Waals surface area (Å²) in [5, 5.41) is 0. The van der Waals surface area contributed by atoms with E-state index in [0.717, 1.165) is 0 Å². The average molecular weight is 150 g/mol. The van der Waals surface area contributed by atoms with Gasteiger partial charge in [0.05, 0.1) is 6.42 Å². The second kappa shape index (κ2) is 3.55. The molecule has 0 aliphatic rings.